The van der Waals surface area contributed by atoms with Gasteiger partial charge < -0.3 is 0 Å². The molecule has 5 saturated carbocycles. The smallest absolute Gasteiger partial charge is 0.0321 e. The van der Waals surface area contributed by atoms with Gasteiger partial charge in [-0.15, -0.1) is 0 Å². The van der Waals surface area contributed by atoms with Crippen molar-refractivity contribution in [1.82, 2.24) is 0 Å². The molecule has 0 aromatic carbocycles. The fourth-order valence-electron chi connectivity index (χ4n) is 7.56. The van der Waals surface area contributed by atoms with Gasteiger partial charge in [0.2, 0.25) is 0 Å². The Balaban J connectivity index is 1.55. The molecule has 0 heteroatoms. The van der Waals surface area contributed by atoms with E-state index >= 15 is 0 Å². The molecule has 5 rings (SSSR count). The first-order valence-electron chi connectivity index (χ1n) is 7.83. The fourth-order valence-corrected chi connectivity index (χ4v) is 7.56. The molecule has 0 aromatic rings. The number of rotatable bonds is 0. The molecule has 8 atom stereocenters. The third kappa shape index (κ3) is 0.842. The molecule has 5 fully saturated rings. The van der Waals surface area contributed by atoms with Gasteiger partial charge >= 0.3 is 0 Å². The summed E-state index contributed by atoms with van der Waals surface area (Å²) in [7, 11) is 0. The zero-order valence-corrected chi connectivity index (χ0v) is 10.4. The van der Waals surface area contributed by atoms with E-state index < -0.39 is 0 Å². The molecule has 0 nitrogen and oxygen atoms in total. The largest absolute Gasteiger partial charge is 0.0625 e. The van der Waals surface area contributed by atoms with Crippen molar-refractivity contribution >= 4 is 0 Å². The van der Waals surface area contributed by atoms with Gasteiger partial charge in [0.05, 0.1) is 0 Å². The minimum atomic E-state index is 1.07. The van der Waals surface area contributed by atoms with Crippen LogP contribution in [0.4, 0.5) is 0 Å². The van der Waals surface area contributed by atoms with E-state index in [1.54, 1.807) is 38.5 Å². The lowest BCUT2D eigenvalue weighted by atomic mass is 9.64. The van der Waals surface area contributed by atoms with Crippen LogP contribution in [0, 0.1) is 53.3 Å². The van der Waals surface area contributed by atoms with Crippen LogP contribution < -0.4 is 0 Å². The van der Waals surface area contributed by atoms with Gasteiger partial charge in [0.25, 0.3) is 0 Å². The van der Waals surface area contributed by atoms with E-state index in [1.807, 2.05) is 0 Å². The van der Waals surface area contributed by atoms with Crippen LogP contribution in [0.25, 0.3) is 0 Å². The Hall–Kier alpha value is 0. The Kier molecular flexibility index (Phi) is 1.52. The maximum absolute atomic E-state index is 2.52. The number of hydrogen-bond donors (Lipinski definition) is 0. The van der Waals surface area contributed by atoms with E-state index in [0.717, 1.165) is 5.92 Å². The van der Waals surface area contributed by atoms with E-state index in [9.17, 15) is 0 Å². The van der Waals surface area contributed by atoms with Gasteiger partial charge in [-0.05, 0) is 91.8 Å². The highest BCUT2D eigenvalue weighted by molar-refractivity contribution is 5.14. The quantitative estimate of drug-likeness (QED) is 0.538. The predicted molar refractivity (Wildman–Crippen MR) is 64.8 cm³/mol. The molecule has 0 saturated heterocycles. The lowest BCUT2D eigenvalue weighted by molar-refractivity contribution is 0.0716. The second-order valence-corrected chi connectivity index (χ2v) is 7.96. The third-order valence-corrected chi connectivity index (χ3v) is 7.58. The molecule has 0 aliphatic heterocycles. The van der Waals surface area contributed by atoms with Gasteiger partial charge in [-0.2, -0.15) is 0 Å². The van der Waals surface area contributed by atoms with Gasteiger partial charge in [0, 0.05) is 0 Å². The minimum absolute atomic E-state index is 1.07. The van der Waals surface area contributed by atoms with Gasteiger partial charge in [-0.1, -0.05) is 6.92 Å². The summed E-state index contributed by atoms with van der Waals surface area (Å²) in [5, 5.41) is 0. The van der Waals surface area contributed by atoms with Crippen molar-refractivity contribution in [3.63, 3.8) is 0 Å². The van der Waals surface area contributed by atoms with Gasteiger partial charge in [-0.3, -0.25) is 0 Å². The molecule has 8 unspecified atom stereocenters. The molecule has 0 amide bonds. The summed E-state index contributed by atoms with van der Waals surface area (Å²) in [5.74, 6) is 10.7. The van der Waals surface area contributed by atoms with Crippen LogP contribution in [0.3, 0.4) is 0 Å². The van der Waals surface area contributed by atoms with Crippen molar-refractivity contribution in [2.45, 2.75) is 45.4 Å². The summed E-state index contributed by atoms with van der Waals surface area (Å²) in [5.41, 5.74) is 0. The van der Waals surface area contributed by atoms with Crippen LogP contribution in [0.5, 0.6) is 0 Å². The van der Waals surface area contributed by atoms with E-state index in [1.165, 1.54) is 47.3 Å². The van der Waals surface area contributed by atoms with E-state index in [-0.39, 0.29) is 0 Å². The number of fused-ring (bicyclic) bond motifs is 12. The first-order chi connectivity index (χ1) is 7.83. The lowest BCUT2D eigenvalue weighted by Gasteiger charge is -2.40. The first-order valence-corrected chi connectivity index (χ1v) is 7.83. The summed E-state index contributed by atoms with van der Waals surface area (Å²) in [6, 6.07) is 0. The highest BCUT2D eigenvalue weighted by atomic mass is 14.7. The molecule has 0 N–H and O–H groups in total. The molecular weight excluding hydrogens is 192 g/mol. The Morgan fingerprint density at radius 3 is 1.75 bits per heavy atom. The molecule has 16 heavy (non-hydrogen) atoms. The normalized spacial score (nSPS) is 69.9. The summed E-state index contributed by atoms with van der Waals surface area (Å²) in [6.45, 7) is 2.52. The van der Waals surface area contributed by atoms with Crippen LogP contribution in [0.1, 0.15) is 45.4 Å². The molecule has 5 aliphatic rings. The zero-order valence-electron chi connectivity index (χ0n) is 10.4. The topological polar surface area (TPSA) is 0 Å². The molecule has 0 spiro atoms. The molecular formula is C16H24. The zero-order chi connectivity index (χ0) is 10.4. The standard InChI is InChI=1S/C16H24/c1-8-4-11-12(5-8)14-7-13(11)15-9-2-3-10(6-9)16(14)15/h8-16H,2-7H2,1H3. The first kappa shape index (κ1) is 9.00. The van der Waals surface area contributed by atoms with Gasteiger partial charge in [-0.25, -0.2) is 0 Å². The second-order valence-electron chi connectivity index (χ2n) is 7.96. The van der Waals surface area contributed by atoms with Crippen molar-refractivity contribution in [3.8, 4) is 0 Å². The fraction of sp³-hybridized carbons (Fsp3) is 1.00. The summed E-state index contributed by atoms with van der Waals surface area (Å²) >= 11 is 0. The van der Waals surface area contributed by atoms with E-state index in [2.05, 4.69) is 6.92 Å². The maximum atomic E-state index is 2.52. The monoisotopic (exact) mass is 216 g/mol. The van der Waals surface area contributed by atoms with Crippen molar-refractivity contribution in [2.24, 2.45) is 53.3 Å². The Bertz CT molecular complexity index is 303. The van der Waals surface area contributed by atoms with Crippen LogP contribution in [0.2, 0.25) is 0 Å². The van der Waals surface area contributed by atoms with Gasteiger partial charge in [0.15, 0.2) is 0 Å². The predicted octanol–water partition coefficient (Wildman–Crippen LogP) is 3.96. The molecule has 0 heterocycles. The van der Waals surface area contributed by atoms with Crippen LogP contribution in [-0.4, -0.2) is 0 Å². The Labute approximate surface area is 99.2 Å². The Morgan fingerprint density at radius 2 is 1.19 bits per heavy atom. The van der Waals surface area contributed by atoms with Gasteiger partial charge in [0.1, 0.15) is 0 Å². The summed E-state index contributed by atoms with van der Waals surface area (Å²) < 4.78 is 0. The van der Waals surface area contributed by atoms with Crippen molar-refractivity contribution in [2.75, 3.05) is 0 Å². The van der Waals surface area contributed by atoms with Crippen molar-refractivity contribution < 1.29 is 0 Å². The molecule has 0 aromatic heterocycles. The summed E-state index contributed by atoms with van der Waals surface area (Å²) in [4.78, 5) is 0. The highest BCUT2D eigenvalue weighted by Crippen LogP contribution is 2.73. The number of hydrogen-bond acceptors (Lipinski definition) is 0. The maximum Gasteiger partial charge on any atom is -0.0321 e. The van der Waals surface area contributed by atoms with Crippen LogP contribution in [-0.2, 0) is 0 Å². The van der Waals surface area contributed by atoms with E-state index in [4.69, 9.17) is 0 Å². The average Bonchev–Trinajstić information content (AvgIpc) is 2.98. The SMILES string of the molecule is CC1CC2C(C1)C1CC2C2C3CCC(C3)C12. The van der Waals surface area contributed by atoms with Crippen molar-refractivity contribution in [1.29, 1.82) is 0 Å². The second kappa shape index (κ2) is 2.70. The molecule has 4 bridgehead atoms. The van der Waals surface area contributed by atoms with Crippen molar-refractivity contribution in [3.05, 3.63) is 0 Å². The third-order valence-electron chi connectivity index (χ3n) is 7.58. The van der Waals surface area contributed by atoms with E-state index in [0.29, 0.717) is 0 Å². The minimum Gasteiger partial charge on any atom is -0.0625 e. The summed E-state index contributed by atoms with van der Waals surface area (Å²) in [6.07, 6.45) is 9.75. The van der Waals surface area contributed by atoms with Crippen LogP contribution >= 0.6 is 0 Å². The van der Waals surface area contributed by atoms with Crippen LogP contribution in [0.15, 0.2) is 0 Å². The molecule has 88 valence electrons. The average molecular weight is 216 g/mol. The highest BCUT2D eigenvalue weighted by Gasteiger charge is 2.66. The molecule has 5 aliphatic carbocycles. The Morgan fingerprint density at radius 1 is 0.625 bits per heavy atom. The lowest BCUT2D eigenvalue weighted by Crippen LogP contribution is -2.35. The molecule has 0 radical (unpaired) electrons.